The van der Waals surface area contributed by atoms with Gasteiger partial charge >= 0.3 is 0 Å². The largest absolute Gasteiger partial charge is 0.472 e. The predicted molar refractivity (Wildman–Crippen MR) is 65.2 cm³/mol. The average molecular weight is 254 g/mol. The Morgan fingerprint density at radius 1 is 1.59 bits per heavy atom. The zero-order chi connectivity index (χ0) is 12.3. The van der Waals surface area contributed by atoms with Crippen LogP contribution in [0.25, 0.3) is 0 Å². The zero-order valence-corrected chi connectivity index (χ0v) is 10.1. The van der Waals surface area contributed by atoms with Crippen LogP contribution in [0.4, 0.5) is 5.69 Å². The Kier molecular flexibility index (Phi) is 3.49. The lowest BCUT2D eigenvalue weighted by molar-refractivity contribution is 0.564. The van der Waals surface area contributed by atoms with Crippen molar-refractivity contribution in [2.24, 2.45) is 0 Å². The quantitative estimate of drug-likeness (QED) is 0.907. The van der Waals surface area contributed by atoms with Crippen LogP contribution in [0, 0.1) is 0 Å². The van der Waals surface area contributed by atoms with Crippen LogP contribution in [0.3, 0.4) is 0 Å². The zero-order valence-electron chi connectivity index (χ0n) is 9.31. The Bertz CT molecular complexity index is 548. The smallest absolute Gasteiger partial charge is 0.287 e. The Hall–Kier alpha value is -1.75. The van der Waals surface area contributed by atoms with E-state index in [1.165, 1.54) is 4.68 Å². The lowest BCUT2D eigenvalue weighted by atomic mass is 10.3. The second-order valence-electron chi connectivity index (χ2n) is 3.48. The number of furan rings is 1. The van der Waals surface area contributed by atoms with Crippen molar-refractivity contribution in [2.75, 3.05) is 5.32 Å². The number of aryl methyl sites for hydroxylation is 1. The average Bonchev–Trinajstić information content (AvgIpc) is 2.84. The van der Waals surface area contributed by atoms with Crippen molar-refractivity contribution in [3.8, 4) is 0 Å². The van der Waals surface area contributed by atoms with E-state index in [-0.39, 0.29) is 10.6 Å². The van der Waals surface area contributed by atoms with Crippen LogP contribution in [-0.2, 0) is 13.1 Å². The number of aromatic nitrogens is 2. The SMILES string of the molecule is CCn1ncc(NCc2ccoc2)c(Cl)c1=O. The molecule has 0 saturated carbocycles. The van der Waals surface area contributed by atoms with Gasteiger partial charge in [-0.25, -0.2) is 4.68 Å². The van der Waals surface area contributed by atoms with Crippen LogP contribution >= 0.6 is 11.6 Å². The molecule has 90 valence electrons. The first-order valence-electron chi connectivity index (χ1n) is 5.23. The van der Waals surface area contributed by atoms with Gasteiger partial charge in [0.2, 0.25) is 0 Å². The van der Waals surface area contributed by atoms with E-state index in [2.05, 4.69) is 10.4 Å². The molecule has 1 N–H and O–H groups in total. The molecule has 5 nitrogen and oxygen atoms in total. The van der Waals surface area contributed by atoms with E-state index in [1.54, 1.807) is 18.7 Å². The molecule has 0 aliphatic heterocycles. The summed E-state index contributed by atoms with van der Waals surface area (Å²) < 4.78 is 6.25. The molecule has 2 rings (SSSR count). The highest BCUT2D eigenvalue weighted by atomic mass is 35.5. The molecule has 0 amide bonds. The molecule has 2 aromatic heterocycles. The summed E-state index contributed by atoms with van der Waals surface area (Å²) in [7, 11) is 0. The van der Waals surface area contributed by atoms with E-state index in [9.17, 15) is 4.79 Å². The maximum absolute atomic E-state index is 11.7. The Morgan fingerprint density at radius 3 is 3.06 bits per heavy atom. The highest BCUT2D eigenvalue weighted by Gasteiger charge is 2.07. The molecule has 0 aliphatic carbocycles. The first-order valence-corrected chi connectivity index (χ1v) is 5.60. The molecule has 0 radical (unpaired) electrons. The van der Waals surface area contributed by atoms with Gasteiger partial charge in [0.1, 0.15) is 5.02 Å². The van der Waals surface area contributed by atoms with E-state index >= 15 is 0 Å². The minimum absolute atomic E-state index is 0.158. The van der Waals surface area contributed by atoms with Gasteiger partial charge in [-0.15, -0.1) is 0 Å². The monoisotopic (exact) mass is 253 g/mol. The minimum Gasteiger partial charge on any atom is -0.472 e. The van der Waals surface area contributed by atoms with Crippen LogP contribution < -0.4 is 10.9 Å². The topological polar surface area (TPSA) is 60.1 Å². The lowest BCUT2D eigenvalue weighted by Crippen LogP contribution is -2.23. The normalized spacial score (nSPS) is 10.5. The number of nitrogens with one attached hydrogen (secondary N) is 1. The summed E-state index contributed by atoms with van der Waals surface area (Å²) in [6, 6.07) is 1.83. The highest BCUT2D eigenvalue weighted by Crippen LogP contribution is 2.16. The van der Waals surface area contributed by atoms with E-state index in [0.29, 0.717) is 18.8 Å². The molecule has 0 unspecified atom stereocenters. The van der Waals surface area contributed by atoms with Crippen LogP contribution in [-0.4, -0.2) is 9.78 Å². The van der Waals surface area contributed by atoms with Crippen molar-refractivity contribution in [2.45, 2.75) is 20.0 Å². The Labute approximate surface area is 103 Å². The summed E-state index contributed by atoms with van der Waals surface area (Å²) in [6.45, 7) is 2.87. The first-order chi connectivity index (χ1) is 8.22. The fraction of sp³-hybridized carbons (Fsp3) is 0.273. The minimum atomic E-state index is -0.286. The summed E-state index contributed by atoms with van der Waals surface area (Å²) in [4.78, 5) is 11.7. The lowest BCUT2D eigenvalue weighted by Gasteiger charge is -2.08. The van der Waals surface area contributed by atoms with Crippen molar-refractivity contribution < 1.29 is 4.42 Å². The Balaban J connectivity index is 2.17. The molecule has 0 fully saturated rings. The predicted octanol–water partition coefficient (Wildman–Crippen LogP) is 2.12. The summed E-state index contributed by atoms with van der Waals surface area (Å²) >= 11 is 5.96. The first kappa shape index (κ1) is 11.7. The second kappa shape index (κ2) is 5.05. The van der Waals surface area contributed by atoms with Crippen molar-refractivity contribution in [1.29, 1.82) is 0 Å². The Morgan fingerprint density at radius 2 is 2.41 bits per heavy atom. The van der Waals surface area contributed by atoms with Crippen LogP contribution in [0.5, 0.6) is 0 Å². The molecule has 2 heterocycles. The van der Waals surface area contributed by atoms with E-state index in [0.717, 1.165) is 5.56 Å². The molecular weight excluding hydrogens is 242 g/mol. The van der Waals surface area contributed by atoms with Gasteiger partial charge in [0, 0.05) is 18.7 Å². The van der Waals surface area contributed by atoms with E-state index in [1.807, 2.05) is 13.0 Å². The fourth-order valence-corrected chi connectivity index (χ4v) is 1.62. The second-order valence-corrected chi connectivity index (χ2v) is 3.86. The molecule has 0 aromatic carbocycles. The van der Waals surface area contributed by atoms with Gasteiger partial charge in [0.25, 0.3) is 5.56 Å². The maximum atomic E-state index is 11.7. The molecular formula is C11H12ClN3O2. The molecule has 17 heavy (non-hydrogen) atoms. The number of hydrogen-bond donors (Lipinski definition) is 1. The summed E-state index contributed by atoms with van der Waals surface area (Å²) in [6.07, 6.45) is 4.76. The third-order valence-corrected chi connectivity index (χ3v) is 2.71. The molecule has 6 heteroatoms. The number of rotatable bonds is 4. The van der Waals surface area contributed by atoms with Gasteiger partial charge in [-0.1, -0.05) is 11.6 Å². The number of halogens is 1. The molecule has 0 saturated heterocycles. The maximum Gasteiger partial charge on any atom is 0.287 e. The number of anilines is 1. The molecule has 0 atom stereocenters. The fourth-order valence-electron chi connectivity index (χ4n) is 1.40. The molecule has 2 aromatic rings. The van der Waals surface area contributed by atoms with Gasteiger partial charge < -0.3 is 9.73 Å². The van der Waals surface area contributed by atoms with Gasteiger partial charge in [-0.05, 0) is 13.0 Å². The third-order valence-electron chi connectivity index (χ3n) is 2.35. The number of hydrogen-bond acceptors (Lipinski definition) is 4. The van der Waals surface area contributed by atoms with E-state index in [4.69, 9.17) is 16.0 Å². The highest BCUT2D eigenvalue weighted by molar-refractivity contribution is 6.32. The van der Waals surface area contributed by atoms with Crippen molar-refractivity contribution in [3.05, 3.63) is 45.7 Å². The van der Waals surface area contributed by atoms with Crippen molar-refractivity contribution in [1.82, 2.24) is 9.78 Å². The van der Waals surface area contributed by atoms with Crippen LogP contribution in [0.1, 0.15) is 12.5 Å². The number of nitrogens with zero attached hydrogens (tertiary/aromatic N) is 2. The molecule has 0 spiro atoms. The van der Waals surface area contributed by atoms with Gasteiger partial charge in [-0.3, -0.25) is 4.79 Å². The molecule has 0 bridgehead atoms. The van der Waals surface area contributed by atoms with Crippen LogP contribution in [0.15, 0.2) is 34.0 Å². The van der Waals surface area contributed by atoms with Gasteiger partial charge in [0.15, 0.2) is 0 Å². The van der Waals surface area contributed by atoms with Gasteiger partial charge in [-0.2, -0.15) is 5.10 Å². The molecule has 0 aliphatic rings. The van der Waals surface area contributed by atoms with E-state index < -0.39 is 0 Å². The van der Waals surface area contributed by atoms with Crippen molar-refractivity contribution in [3.63, 3.8) is 0 Å². The van der Waals surface area contributed by atoms with Gasteiger partial charge in [0.05, 0.1) is 24.4 Å². The summed E-state index contributed by atoms with van der Waals surface area (Å²) in [5, 5.41) is 7.19. The summed E-state index contributed by atoms with van der Waals surface area (Å²) in [5.41, 5.74) is 1.22. The van der Waals surface area contributed by atoms with Crippen molar-refractivity contribution >= 4 is 17.3 Å². The standard InChI is InChI=1S/C11H12ClN3O2/c1-2-15-11(16)10(12)9(6-14-15)13-5-8-3-4-17-7-8/h3-4,6-7,13H,2,5H2,1H3. The summed E-state index contributed by atoms with van der Waals surface area (Å²) in [5.74, 6) is 0. The van der Waals surface area contributed by atoms with Crippen LogP contribution in [0.2, 0.25) is 5.02 Å². The third kappa shape index (κ3) is 2.50.